The summed E-state index contributed by atoms with van der Waals surface area (Å²) < 4.78 is 2.37. The lowest BCUT2D eigenvalue weighted by atomic mass is 9.85. The Kier molecular flexibility index (Phi) is 8.41. The highest BCUT2D eigenvalue weighted by Crippen LogP contribution is 2.44. The van der Waals surface area contributed by atoms with Crippen molar-refractivity contribution >= 4 is 60.4 Å². The van der Waals surface area contributed by atoms with Crippen LogP contribution in [0.1, 0.15) is 5.56 Å². The van der Waals surface area contributed by atoms with Gasteiger partial charge in [-0.05, 0) is 123 Å². The lowest BCUT2D eigenvalue weighted by Gasteiger charge is -2.26. The first-order chi connectivity index (χ1) is 29.2. The largest absolute Gasteiger partial charge is 0.311 e. The van der Waals surface area contributed by atoms with E-state index in [2.05, 4.69) is 241 Å². The molecule has 0 aliphatic rings. The van der Waals surface area contributed by atoms with Gasteiger partial charge in [-0.3, -0.25) is 0 Å². The summed E-state index contributed by atoms with van der Waals surface area (Å²) in [6.07, 6.45) is 0. The van der Waals surface area contributed by atoms with E-state index in [9.17, 15) is 0 Å². The van der Waals surface area contributed by atoms with Gasteiger partial charge in [-0.1, -0.05) is 169 Å². The smallest absolute Gasteiger partial charge is 0.0541 e. The maximum Gasteiger partial charge on any atom is 0.0541 e. The molecule has 1 aromatic heterocycles. The molecule has 59 heavy (non-hydrogen) atoms. The van der Waals surface area contributed by atoms with Crippen molar-refractivity contribution in [3.8, 4) is 39.1 Å². The number of fused-ring (bicyclic) bond motifs is 5. The van der Waals surface area contributed by atoms with Crippen LogP contribution in [0.3, 0.4) is 0 Å². The van der Waals surface area contributed by atoms with Gasteiger partial charge in [0.25, 0.3) is 0 Å². The molecule has 2 heteroatoms. The van der Waals surface area contributed by atoms with E-state index < -0.39 is 0 Å². The third kappa shape index (κ3) is 5.97. The number of hydrogen-bond acceptors (Lipinski definition) is 1. The van der Waals surface area contributed by atoms with Gasteiger partial charge < -0.3 is 9.47 Å². The minimum Gasteiger partial charge on any atom is -0.311 e. The molecule has 0 saturated carbocycles. The normalized spacial score (nSPS) is 11.5. The average molecular weight is 753 g/mol. The monoisotopic (exact) mass is 752 g/mol. The van der Waals surface area contributed by atoms with Gasteiger partial charge in [0.05, 0.1) is 11.0 Å². The van der Waals surface area contributed by atoms with Gasteiger partial charge in [0.1, 0.15) is 0 Å². The molecule has 0 fully saturated rings. The van der Waals surface area contributed by atoms with Crippen molar-refractivity contribution in [2.24, 2.45) is 0 Å². The summed E-state index contributed by atoms with van der Waals surface area (Å²) in [5, 5.41) is 7.63. The van der Waals surface area contributed by atoms with Crippen LogP contribution in [0.2, 0.25) is 0 Å². The number of hydrogen-bond donors (Lipinski definition) is 0. The second-order valence-electron chi connectivity index (χ2n) is 15.4. The number of anilines is 3. The van der Waals surface area contributed by atoms with Crippen LogP contribution < -0.4 is 4.90 Å². The van der Waals surface area contributed by atoms with E-state index in [0.29, 0.717) is 0 Å². The third-order valence-electron chi connectivity index (χ3n) is 11.8. The van der Waals surface area contributed by atoms with Gasteiger partial charge in [-0.2, -0.15) is 0 Å². The predicted octanol–water partition coefficient (Wildman–Crippen LogP) is 15.9. The summed E-state index contributed by atoms with van der Waals surface area (Å²) in [5.41, 5.74) is 15.5. The minimum atomic E-state index is 1.10. The second-order valence-corrected chi connectivity index (χ2v) is 15.4. The quantitative estimate of drug-likeness (QED) is 0.147. The highest BCUT2D eigenvalue weighted by molar-refractivity contribution is 6.21. The molecule has 0 bridgehead atoms. The molecule has 0 unspecified atom stereocenters. The molecule has 0 atom stereocenters. The molecule has 0 radical (unpaired) electrons. The summed E-state index contributed by atoms with van der Waals surface area (Å²) in [5.74, 6) is 0. The van der Waals surface area contributed by atoms with E-state index in [1.165, 1.54) is 82.3 Å². The van der Waals surface area contributed by atoms with Crippen LogP contribution in [0.5, 0.6) is 0 Å². The Labute approximate surface area is 344 Å². The molecule has 10 aromatic carbocycles. The molecular weight excluding hydrogens is 713 g/mol. The first kappa shape index (κ1) is 34.6. The van der Waals surface area contributed by atoms with E-state index in [0.717, 1.165) is 22.7 Å². The average Bonchev–Trinajstić information content (AvgIpc) is 3.64. The molecule has 11 rings (SSSR count). The predicted molar refractivity (Wildman–Crippen MR) is 252 cm³/mol. The summed E-state index contributed by atoms with van der Waals surface area (Å²) in [6.45, 7) is 2.19. The first-order valence-corrected chi connectivity index (χ1v) is 20.3. The lowest BCUT2D eigenvalue weighted by molar-refractivity contribution is 1.17. The van der Waals surface area contributed by atoms with Gasteiger partial charge in [0.15, 0.2) is 0 Å². The molecular formula is C57H40N2. The van der Waals surface area contributed by atoms with E-state index in [1.54, 1.807) is 0 Å². The van der Waals surface area contributed by atoms with Crippen LogP contribution in [0.25, 0.3) is 82.4 Å². The van der Waals surface area contributed by atoms with Gasteiger partial charge in [-0.25, -0.2) is 0 Å². The Bertz CT molecular complexity index is 3240. The van der Waals surface area contributed by atoms with Crippen molar-refractivity contribution in [3.05, 3.63) is 230 Å². The van der Waals surface area contributed by atoms with E-state index in [-0.39, 0.29) is 0 Å². The Hall–Kier alpha value is -7.68. The molecule has 0 saturated heterocycles. The molecule has 0 aliphatic carbocycles. The fourth-order valence-corrected chi connectivity index (χ4v) is 9.13. The van der Waals surface area contributed by atoms with Crippen molar-refractivity contribution in [3.63, 3.8) is 0 Å². The molecule has 0 amide bonds. The molecule has 2 nitrogen and oxygen atoms in total. The maximum atomic E-state index is 2.37. The van der Waals surface area contributed by atoms with Crippen LogP contribution in [-0.2, 0) is 0 Å². The summed E-state index contributed by atoms with van der Waals surface area (Å²) in [7, 11) is 0. The Morgan fingerprint density at radius 1 is 0.305 bits per heavy atom. The molecule has 278 valence electrons. The van der Waals surface area contributed by atoms with Crippen molar-refractivity contribution in [2.75, 3.05) is 4.90 Å². The molecule has 0 N–H and O–H groups in total. The number of aryl methyl sites for hydroxylation is 1. The number of benzene rings is 10. The standard InChI is InChI=1S/C57H40N2/c1-39-24-37-52-53(38-39)57(51-21-9-8-20-50(51)56(52)42-14-4-2-5-15-42)43-27-25-40(26-28-43)41-29-31-45(32-30-41)58(44-16-6-3-7-17-44)46-33-35-47(36-34-46)59-54-22-12-10-18-48(54)49-19-11-13-23-55(49)59/h2-38H,1H3. The van der Waals surface area contributed by atoms with Crippen molar-refractivity contribution in [1.29, 1.82) is 0 Å². The molecule has 1 heterocycles. The van der Waals surface area contributed by atoms with Crippen LogP contribution in [-0.4, -0.2) is 4.57 Å². The maximum absolute atomic E-state index is 2.37. The molecule has 0 aliphatic heterocycles. The van der Waals surface area contributed by atoms with Gasteiger partial charge in [0.2, 0.25) is 0 Å². The van der Waals surface area contributed by atoms with Crippen molar-refractivity contribution < 1.29 is 0 Å². The third-order valence-corrected chi connectivity index (χ3v) is 11.8. The first-order valence-electron chi connectivity index (χ1n) is 20.3. The van der Waals surface area contributed by atoms with Gasteiger partial charge in [-0.15, -0.1) is 0 Å². The second kappa shape index (κ2) is 14.4. The molecule has 0 spiro atoms. The summed E-state index contributed by atoms with van der Waals surface area (Å²) in [6, 6.07) is 81.6. The lowest BCUT2D eigenvalue weighted by Crippen LogP contribution is -2.10. The highest BCUT2D eigenvalue weighted by Gasteiger charge is 2.18. The van der Waals surface area contributed by atoms with E-state index >= 15 is 0 Å². The zero-order chi connectivity index (χ0) is 39.3. The number of para-hydroxylation sites is 3. The number of aromatic nitrogens is 1. The fraction of sp³-hybridized carbons (Fsp3) is 0.0175. The van der Waals surface area contributed by atoms with Crippen molar-refractivity contribution in [1.82, 2.24) is 4.57 Å². The van der Waals surface area contributed by atoms with Crippen LogP contribution >= 0.6 is 0 Å². The van der Waals surface area contributed by atoms with E-state index in [1.807, 2.05) is 0 Å². The molecule has 11 aromatic rings. The van der Waals surface area contributed by atoms with Crippen LogP contribution in [0.15, 0.2) is 224 Å². The zero-order valence-electron chi connectivity index (χ0n) is 32.8. The minimum absolute atomic E-state index is 1.10. The number of nitrogens with zero attached hydrogens (tertiary/aromatic N) is 2. The Balaban J connectivity index is 0.950. The van der Waals surface area contributed by atoms with Crippen LogP contribution in [0, 0.1) is 6.92 Å². The van der Waals surface area contributed by atoms with Crippen LogP contribution in [0.4, 0.5) is 17.1 Å². The summed E-state index contributed by atoms with van der Waals surface area (Å²) >= 11 is 0. The Morgan fingerprint density at radius 2 is 0.712 bits per heavy atom. The van der Waals surface area contributed by atoms with Gasteiger partial charge in [0, 0.05) is 33.5 Å². The number of rotatable bonds is 7. The Morgan fingerprint density at radius 3 is 1.31 bits per heavy atom. The highest BCUT2D eigenvalue weighted by atomic mass is 15.1. The summed E-state index contributed by atoms with van der Waals surface area (Å²) in [4.78, 5) is 2.33. The topological polar surface area (TPSA) is 8.17 Å². The van der Waals surface area contributed by atoms with E-state index in [4.69, 9.17) is 0 Å². The SMILES string of the molecule is Cc1ccc2c(-c3ccccc3)c3ccccc3c(-c3ccc(-c4ccc(N(c5ccccc5)c5ccc(-n6c7ccccc7c7ccccc76)cc5)cc4)cc3)c2c1. The van der Waals surface area contributed by atoms with Crippen molar-refractivity contribution in [2.45, 2.75) is 6.92 Å². The zero-order valence-corrected chi connectivity index (χ0v) is 32.8. The fourth-order valence-electron chi connectivity index (χ4n) is 9.13. The van der Waals surface area contributed by atoms with Gasteiger partial charge >= 0.3 is 0 Å².